The highest BCUT2D eigenvalue weighted by Crippen LogP contribution is 2.35. The number of anilines is 4. The number of nitriles is 1. The van der Waals surface area contributed by atoms with Crippen molar-refractivity contribution in [3.05, 3.63) is 76.7 Å². The molecule has 0 atom stereocenters. The quantitative estimate of drug-likeness (QED) is 0.388. The molecule has 1 aromatic heterocycles. The van der Waals surface area contributed by atoms with Crippen molar-refractivity contribution in [2.24, 2.45) is 0 Å². The minimum atomic E-state index is -4.71. The van der Waals surface area contributed by atoms with Crippen LogP contribution in [0.4, 0.5) is 40.4 Å². The van der Waals surface area contributed by atoms with Crippen LogP contribution in [-0.4, -0.2) is 18.1 Å². The Morgan fingerprint density at radius 2 is 1.78 bits per heavy atom. The van der Waals surface area contributed by atoms with Crippen molar-refractivity contribution in [3.8, 4) is 6.07 Å². The number of nitrogens with one attached hydrogen (secondary N) is 2. The molecule has 0 saturated heterocycles. The van der Waals surface area contributed by atoms with Crippen LogP contribution >= 0.6 is 0 Å². The molecule has 3 aromatic rings. The van der Waals surface area contributed by atoms with Gasteiger partial charge in [-0.05, 0) is 55.0 Å². The topological polar surface area (TPSA) is 87.0 Å². The van der Waals surface area contributed by atoms with E-state index in [4.69, 9.17) is 5.26 Å². The number of hydrogen-bond acceptors (Lipinski definition) is 6. The number of hydrogen-bond donors (Lipinski definition) is 2. The highest BCUT2D eigenvalue weighted by Gasteiger charge is 2.34. The number of alkyl halides is 3. The largest absolute Gasteiger partial charge is 0.465 e. The summed E-state index contributed by atoms with van der Waals surface area (Å²) in [6.45, 7) is 1.73. The van der Waals surface area contributed by atoms with E-state index in [0.717, 1.165) is 25.3 Å². The number of carbonyl (C=O) groups excluding carboxylic acids is 1. The molecule has 10 heteroatoms. The van der Waals surface area contributed by atoms with Crippen LogP contribution < -0.4 is 10.6 Å². The molecule has 0 amide bonds. The van der Waals surface area contributed by atoms with E-state index >= 15 is 0 Å². The van der Waals surface area contributed by atoms with Gasteiger partial charge in [-0.2, -0.15) is 18.4 Å². The Balaban J connectivity index is 1.95. The number of rotatable bonds is 5. The van der Waals surface area contributed by atoms with Gasteiger partial charge in [-0.3, -0.25) is 0 Å². The highest BCUT2D eigenvalue weighted by molar-refractivity contribution is 5.90. The maximum atomic E-state index is 14.3. The maximum Gasteiger partial charge on any atom is 0.417 e. The van der Waals surface area contributed by atoms with Crippen LogP contribution in [0.5, 0.6) is 0 Å². The third kappa shape index (κ3) is 4.78. The van der Waals surface area contributed by atoms with Crippen LogP contribution in [0.25, 0.3) is 0 Å². The van der Waals surface area contributed by atoms with E-state index < -0.39 is 29.1 Å². The lowest BCUT2D eigenvalue weighted by atomic mass is 10.1. The summed E-state index contributed by atoms with van der Waals surface area (Å²) in [6, 6.07) is 10.2. The van der Waals surface area contributed by atoms with Crippen molar-refractivity contribution in [2.75, 3.05) is 17.7 Å². The van der Waals surface area contributed by atoms with Crippen molar-refractivity contribution in [1.29, 1.82) is 5.26 Å². The summed E-state index contributed by atoms with van der Waals surface area (Å²) in [6.07, 6.45) is -3.25. The Labute approximate surface area is 180 Å². The van der Waals surface area contributed by atoms with Crippen molar-refractivity contribution in [2.45, 2.75) is 13.1 Å². The molecule has 0 radical (unpaired) electrons. The Morgan fingerprint density at radius 3 is 2.41 bits per heavy atom. The third-order valence-corrected chi connectivity index (χ3v) is 4.51. The Bertz CT molecular complexity index is 1220. The summed E-state index contributed by atoms with van der Waals surface area (Å²) < 4.78 is 58.6. The Morgan fingerprint density at radius 1 is 1.09 bits per heavy atom. The Hall–Kier alpha value is -4.13. The number of carbonyl (C=O) groups is 1. The first kappa shape index (κ1) is 22.6. The van der Waals surface area contributed by atoms with Gasteiger partial charge in [0.15, 0.2) is 5.82 Å². The zero-order valence-corrected chi connectivity index (χ0v) is 16.8. The molecule has 2 N–H and O–H groups in total. The van der Waals surface area contributed by atoms with E-state index in [1.54, 1.807) is 13.0 Å². The van der Waals surface area contributed by atoms with Gasteiger partial charge in [0.25, 0.3) is 0 Å². The molecule has 3 rings (SSSR count). The number of esters is 1. The van der Waals surface area contributed by atoms with Gasteiger partial charge in [0.1, 0.15) is 5.82 Å². The summed E-state index contributed by atoms with van der Waals surface area (Å²) in [7, 11) is 1.14. The van der Waals surface area contributed by atoms with Crippen molar-refractivity contribution in [1.82, 2.24) is 4.98 Å². The molecule has 0 aliphatic carbocycles. The van der Waals surface area contributed by atoms with Gasteiger partial charge in [0.05, 0.1) is 35.6 Å². The lowest BCUT2D eigenvalue weighted by Crippen LogP contribution is -2.09. The van der Waals surface area contributed by atoms with Gasteiger partial charge in [0.2, 0.25) is 0 Å². The molecule has 0 unspecified atom stereocenters. The smallest absolute Gasteiger partial charge is 0.417 e. The maximum absolute atomic E-state index is 14.3. The molecule has 2 aromatic carbocycles. The molecule has 0 bridgehead atoms. The first-order chi connectivity index (χ1) is 15.1. The molecular weight excluding hydrogens is 428 g/mol. The molecule has 0 fully saturated rings. The van der Waals surface area contributed by atoms with Gasteiger partial charge in [0, 0.05) is 17.6 Å². The standard InChI is InChI=1S/C22H16F4N4O2/c1-12-7-8-28-20(30-14-4-3-13(11-27)17(9-14)22(24,25)26)19(12)29-15-5-6-16(18(23)10-15)21(31)32-2/h3-10,29H,1-2H3,(H,28,30). The molecule has 1 heterocycles. The third-order valence-electron chi connectivity index (χ3n) is 4.51. The SMILES string of the molecule is COC(=O)c1ccc(Nc2c(C)ccnc2Nc2ccc(C#N)c(C(F)(F)F)c2)cc1F. The van der Waals surface area contributed by atoms with Gasteiger partial charge in [-0.15, -0.1) is 0 Å². The number of aryl methyl sites for hydroxylation is 1. The number of ether oxygens (including phenoxy) is 1. The van der Waals surface area contributed by atoms with Crippen molar-refractivity contribution < 1.29 is 27.1 Å². The second-order valence-corrected chi connectivity index (χ2v) is 6.66. The van der Waals surface area contributed by atoms with Crippen LogP contribution in [0.3, 0.4) is 0 Å². The van der Waals surface area contributed by atoms with Crippen LogP contribution in [0, 0.1) is 24.1 Å². The Kier molecular flexibility index (Phi) is 6.30. The van der Waals surface area contributed by atoms with Crippen LogP contribution in [0.2, 0.25) is 0 Å². The van der Waals surface area contributed by atoms with Crippen LogP contribution in [0.1, 0.15) is 27.0 Å². The lowest BCUT2D eigenvalue weighted by molar-refractivity contribution is -0.137. The first-order valence-corrected chi connectivity index (χ1v) is 9.13. The molecule has 0 spiro atoms. The fourth-order valence-electron chi connectivity index (χ4n) is 2.91. The second kappa shape index (κ2) is 8.93. The molecular formula is C22H16F4N4O2. The molecule has 0 saturated carbocycles. The summed E-state index contributed by atoms with van der Waals surface area (Å²) in [5.41, 5.74) is -0.418. The van der Waals surface area contributed by atoms with Crippen LogP contribution in [0.15, 0.2) is 48.7 Å². The fraction of sp³-hybridized carbons (Fsp3) is 0.136. The van der Waals surface area contributed by atoms with Gasteiger partial charge in [-0.1, -0.05) is 0 Å². The fourth-order valence-corrected chi connectivity index (χ4v) is 2.91. The average molecular weight is 444 g/mol. The average Bonchev–Trinajstić information content (AvgIpc) is 2.75. The molecule has 0 aliphatic heterocycles. The zero-order valence-electron chi connectivity index (χ0n) is 16.8. The van der Waals surface area contributed by atoms with E-state index in [1.165, 1.54) is 30.5 Å². The summed E-state index contributed by atoms with van der Waals surface area (Å²) in [4.78, 5) is 15.7. The number of aromatic nitrogens is 1. The monoisotopic (exact) mass is 444 g/mol. The van der Waals surface area contributed by atoms with E-state index in [0.29, 0.717) is 11.3 Å². The predicted molar refractivity (Wildman–Crippen MR) is 109 cm³/mol. The van der Waals surface area contributed by atoms with Gasteiger partial charge in [-0.25, -0.2) is 14.2 Å². The molecule has 0 aliphatic rings. The second-order valence-electron chi connectivity index (χ2n) is 6.66. The van der Waals surface area contributed by atoms with Gasteiger partial charge >= 0.3 is 12.1 Å². The van der Waals surface area contributed by atoms with Gasteiger partial charge < -0.3 is 15.4 Å². The lowest BCUT2D eigenvalue weighted by Gasteiger charge is -2.17. The molecule has 6 nitrogen and oxygen atoms in total. The first-order valence-electron chi connectivity index (χ1n) is 9.13. The van der Waals surface area contributed by atoms with E-state index in [9.17, 15) is 22.4 Å². The van der Waals surface area contributed by atoms with E-state index in [1.807, 2.05) is 0 Å². The van der Waals surface area contributed by atoms with Crippen molar-refractivity contribution in [3.63, 3.8) is 0 Å². The minimum Gasteiger partial charge on any atom is -0.465 e. The molecule has 32 heavy (non-hydrogen) atoms. The number of nitrogens with zero attached hydrogens (tertiary/aromatic N) is 2. The number of methoxy groups -OCH3 is 1. The summed E-state index contributed by atoms with van der Waals surface area (Å²) >= 11 is 0. The van der Waals surface area contributed by atoms with E-state index in [-0.39, 0.29) is 22.8 Å². The molecule has 164 valence electrons. The normalized spacial score (nSPS) is 10.9. The summed E-state index contributed by atoms with van der Waals surface area (Å²) in [5.74, 6) is -1.45. The zero-order chi connectivity index (χ0) is 23.5. The summed E-state index contributed by atoms with van der Waals surface area (Å²) in [5, 5.41) is 14.7. The van der Waals surface area contributed by atoms with E-state index in [2.05, 4.69) is 20.4 Å². The van der Waals surface area contributed by atoms with Crippen molar-refractivity contribution >= 4 is 28.8 Å². The number of pyridine rings is 1. The predicted octanol–water partition coefficient (Wildman–Crippen LogP) is 5.69. The number of halogens is 4. The van der Waals surface area contributed by atoms with Crippen LogP contribution in [-0.2, 0) is 10.9 Å². The highest BCUT2D eigenvalue weighted by atomic mass is 19.4. The minimum absolute atomic E-state index is 0.0599. The number of benzene rings is 2.